The largest absolute Gasteiger partial charge is 0.353 e. The molecule has 2 rings (SSSR count). The summed E-state index contributed by atoms with van der Waals surface area (Å²) < 4.78 is 0. The Balaban J connectivity index is 1.70. The Hall–Kier alpha value is -1.35. The molecule has 92 valence electrons. The van der Waals surface area contributed by atoms with Crippen LogP contribution in [0.1, 0.15) is 18.9 Å². The number of amides is 1. The molecule has 1 amide bonds. The van der Waals surface area contributed by atoms with Crippen molar-refractivity contribution in [3.8, 4) is 0 Å². The molecule has 0 spiro atoms. The Morgan fingerprint density at radius 2 is 2.12 bits per heavy atom. The van der Waals surface area contributed by atoms with Crippen LogP contribution in [0.5, 0.6) is 0 Å². The van der Waals surface area contributed by atoms with E-state index in [4.69, 9.17) is 0 Å². The second kappa shape index (κ2) is 5.82. The normalized spacial score (nSPS) is 17.2. The minimum atomic E-state index is 0.189. The summed E-state index contributed by atoms with van der Waals surface area (Å²) in [4.78, 5) is 11.7. The highest BCUT2D eigenvalue weighted by Crippen LogP contribution is 2.07. The van der Waals surface area contributed by atoms with Gasteiger partial charge in [0.15, 0.2) is 0 Å². The van der Waals surface area contributed by atoms with Crippen molar-refractivity contribution in [2.75, 3.05) is 13.1 Å². The molecule has 0 radical (unpaired) electrons. The van der Waals surface area contributed by atoms with Crippen LogP contribution in [-0.4, -0.2) is 25.0 Å². The van der Waals surface area contributed by atoms with Gasteiger partial charge < -0.3 is 10.6 Å². The molecule has 1 aromatic carbocycles. The monoisotopic (exact) mass is 232 g/mol. The molecule has 1 aliphatic heterocycles. The summed E-state index contributed by atoms with van der Waals surface area (Å²) in [5.74, 6) is 0.387. The van der Waals surface area contributed by atoms with Crippen LogP contribution in [0.15, 0.2) is 30.3 Å². The molecule has 1 saturated heterocycles. The molecule has 1 heterocycles. The number of aryl methyl sites for hydroxylation is 1. The average Bonchev–Trinajstić information content (AvgIpc) is 2.25. The maximum Gasteiger partial charge on any atom is 0.225 e. The van der Waals surface area contributed by atoms with E-state index in [2.05, 4.69) is 41.8 Å². The maximum atomic E-state index is 11.7. The van der Waals surface area contributed by atoms with Crippen molar-refractivity contribution in [1.29, 1.82) is 0 Å². The van der Waals surface area contributed by atoms with E-state index in [-0.39, 0.29) is 17.9 Å². The molecule has 3 heteroatoms. The van der Waals surface area contributed by atoms with Crippen LogP contribution >= 0.6 is 0 Å². The van der Waals surface area contributed by atoms with Gasteiger partial charge in [-0.1, -0.05) is 30.3 Å². The van der Waals surface area contributed by atoms with Crippen molar-refractivity contribution in [1.82, 2.24) is 10.6 Å². The average molecular weight is 232 g/mol. The summed E-state index contributed by atoms with van der Waals surface area (Å²) >= 11 is 0. The van der Waals surface area contributed by atoms with Crippen molar-refractivity contribution in [3.63, 3.8) is 0 Å². The molecule has 17 heavy (non-hydrogen) atoms. The molecule has 0 saturated carbocycles. The van der Waals surface area contributed by atoms with Crippen molar-refractivity contribution < 1.29 is 4.79 Å². The number of benzene rings is 1. The summed E-state index contributed by atoms with van der Waals surface area (Å²) in [5.41, 5.74) is 1.33. The van der Waals surface area contributed by atoms with E-state index in [9.17, 15) is 4.79 Å². The summed E-state index contributed by atoms with van der Waals surface area (Å²) in [7, 11) is 0. The minimum absolute atomic E-state index is 0.189. The third-order valence-corrected chi connectivity index (χ3v) is 3.25. The first-order valence-electron chi connectivity index (χ1n) is 6.30. The fourth-order valence-corrected chi connectivity index (χ4v) is 1.93. The molecule has 1 aromatic rings. The molecule has 0 aliphatic carbocycles. The van der Waals surface area contributed by atoms with Gasteiger partial charge in [0.2, 0.25) is 5.91 Å². The highest BCUT2D eigenvalue weighted by molar-refractivity contribution is 5.80. The first kappa shape index (κ1) is 12.1. The topological polar surface area (TPSA) is 41.1 Å². The highest BCUT2D eigenvalue weighted by atomic mass is 16.2. The Labute approximate surface area is 103 Å². The van der Waals surface area contributed by atoms with Gasteiger partial charge in [0, 0.05) is 19.1 Å². The van der Waals surface area contributed by atoms with Gasteiger partial charge in [-0.15, -0.1) is 0 Å². The van der Waals surface area contributed by atoms with E-state index in [0.29, 0.717) is 0 Å². The quantitative estimate of drug-likeness (QED) is 0.804. The lowest BCUT2D eigenvalue weighted by Crippen LogP contribution is -2.52. The fraction of sp³-hybridized carbons (Fsp3) is 0.500. The van der Waals surface area contributed by atoms with Crippen molar-refractivity contribution in [2.45, 2.75) is 25.8 Å². The lowest BCUT2D eigenvalue weighted by Gasteiger charge is -2.27. The van der Waals surface area contributed by atoms with Crippen LogP contribution in [0.2, 0.25) is 0 Å². The number of nitrogens with one attached hydrogen (secondary N) is 2. The van der Waals surface area contributed by atoms with Gasteiger partial charge in [-0.25, -0.2) is 0 Å². The zero-order chi connectivity index (χ0) is 12.1. The van der Waals surface area contributed by atoms with Crippen LogP contribution in [0, 0.1) is 5.92 Å². The van der Waals surface area contributed by atoms with E-state index in [0.717, 1.165) is 25.9 Å². The van der Waals surface area contributed by atoms with Gasteiger partial charge in [0.1, 0.15) is 0 Å². The molecule has 2 N–H and O–H groups in total. The van der Waals surface area contributed by atoms with Gasteiger partial charge in [0.25, 0.3) is 0 Å². The Morgan fingerprint density at radius 3 is 2.71 bits per heavy atom. The molecule has 1 fully saturated rings. The lowest BCUT2D eigenvalue weighted by atomic mass is 10.0. The van der Waals surface area contributed by atoms with Crippen LogP contribution in [0.3, 0.4) is 0 Å². The van der Waals surface area contributed by atoms with Crippen LogP contribution in [0.4, 0.5) is 0 Å². The molecule has 0 aromatic heterocycles. The van der Waals surface area contributed by atoms with Crippen LogP contribution in [0.25, 0.3) is 0 Å². The predicted octanol–water partition coefficient (Wildman–Crippen LogP) is 1.34. The molecule has 1 aliphatic rings. The molecule has 0 bridgehead atoms. The third kappa shape index (κ3) is 3.56. The number of hydrogen-bond acceptors (Lipinski definition) is 2. The van der Waals surface area contributed by atoms with Crippen LogP contribution < -0.4 is 10.6 Å². The molecule has 1 unspecified atom stereocenters. The maximum absolute atomic E-state index is 11.7. The summed E-state index contributed by atoms with van der Waals surface area (Å²) in [6, 6.07) is 10.6. The van der Waals surface area contributed by atoms with Crippen molar-refractivity contribution in [3.05, 3.63) is 35.9 Å². The standard InChI is InChI=1S/C14H20N2O/c1-11(16-14(17)13-9-15-10-13)7-8-12-5-3-2-4-6-12/h2-6,11,13,15H,7-10H2,1H3,(H,16,17). The fourth-order valence-electron chi connectivity index (χ4n) is 1.93. The zero-order valence-electron chi connectivity index (χ0n) is 10.3. The SMILES string of the molecule is CC(CCc1ccccc1)NC(=O)C1CNC1. The van der Waals surface area contributed by atoms with E-state index in [1.165, 1.54) is 5.56 Å². The van der Waals surface area contributed by atoms with Crippen LogP contribution in [-0.2, 0) is 11.2 Å². The summed E-state index contributed by atoms with van der Waals surface area (Å²) in [5, 5.41) is 6.19. The third-order valence-electron chi connectivity index (χ3n) is 3.25. The molecule has 3 nitrogen and oxygen atoms in total. The van der Waals surface area contributed by atoms with E-state index in [1.807, 2.05) is 6.07 Å². The molecular formula is C14H20N2O. The Morgan fingerprint density at radius 1 is 1.41 bits per heavy atom. The minimum Gasteiger partial charge on any atom is -0.353 e. The zero-order valence-corrected chi connectivity index (χ0v) is 10.3. The van der Waals surface area contributed by atoms with Gasteiger partial charge in [-0.2, -0.15) is 0 Å². The number of hydrogen-bond donors (Lipinski definition) is 2. The van der Waals surface area contributed by atoms with Gasteiger partial charge in [0.05, 0.1) is 5.92 Å². The van der Waals surface area contributed by atoms with Gasteiger partial charge >= 0.3 is 0 Å². The first-order chi connectivity index (χ1) is 8.25. The second-order valence-electron chi connectivity index (χ2n) is 4.79. The predicted molar refractivity (Wildman–Crippen MR) is 68.7 cm³/mol. The lowest BCUT2D eigenvalue weighted by molar-refractivity contribution is -0.127. The van der Waals surface area contributed by atoms with Crippen molar-refractivity contribution in [2.24, 2.45) is 5.92 Å². The van der Waals surface area contributed by atoms with E-state index < -0.39 is 0 Å². The van der Waals surface area contributed by atoms with Gasteiger partial charge in [-0.3, -0.25) is 4.79 Å². The number of rotatable bonds is 5. The second-order valence-corrected chi connectivity index (χ2v) is 4.79. The first-order valence-corrected chi connectivity index (χ1v) is 6.30. The number of carbonyl (C=O) groups excluding carboxylic acids is 1. The van der Waals surface area contributed by atoms with E-state index >= 15 is 0 Å². The molecular weight excluding hydrogens is 212 g/mol. The Bertz CT molecular complexity index is 360. The smallest absolute Gasteiger partial charge is 0.225 e. The summed E-state index contributed by atoms with van der Waals surface area (Å²) in [6.45, 7) is 3.74. The summed E-state index contributed by atoms with van der Waals surface area (Å²) in [6.07, 6.45) is 2.01. The molecule has 1 atom stereocenters. The number of carbonyl (C=O) groups is 1. The Kier molecular flexibility index (Phi) is 4.15. The van der Waals surface area contributed by atoms with Gasteiger partial charge in [-0.05, 0) is 25.3 Å². The van der Waals surface area contributed by atoms with Crippen molar-refractivity contribution >= 4 is 5.91 Å². The van der Waals surface area contributed by atoms with E-state index in [1.54, 1.807) is 0 Å². The highest BCUT2D eigenvalue weighted by Gasteiger charge is 2.25.